The van der Waals surface area contributed by atoms with Crippen molar-refractivity contribution >= 4 is 5.91 Å². The third kappa shape index (κ3) is 3.01. The molecule has 1 aromatic heterocycles. The Morgan fingerprint density at radius 3 is 2.64 bits per heavy atom. The molecule has 1 saturated heterocycles. The van der Waals surface area contributed by atoms with E-state index in [-0.39, 0.29) is 11.7 Å². The van der Waals surface area contributed by atoms with E-state index in [1.54, 1.807) is 18.2 Å². The highest BCUT2D eigenvalue weighted by atomic mass is 19.1. The first-order chi connectivity index (χ1) is 10.7. The molecule has 0 bridgehead atoms. The molecule has 3 N–H and O–H groups in total. The Balaban J connectivity index is 1.71. The van der Waals surface area contributed by atoms with E-state index in [1.807, 2.05) is 4.90 Å². The smallest absolute Gasteiger partial charge is 0.271 e. The van der Waals surface area contributed by atoms with Crippen molar-refractivity contribution in [1.82, 2.24) is 15.1 Å². The number of nitrogens with two attached hydrogens (primary N) is 1. The van der Waals surface area contributed by atoms with Gasteiger partial charge in [-0.15, -0.1) is 0 Å². The lowest BCUT2D eigenvalue weighted by Gasteiger charge is -2.30. The number of nitrogens with zero attached hydrogens (tertiary/aromatic N) is 2. The second-order valence-electron chi connectivity index (χ2n) is 5.65. The zero-order chi connectivity index (χ0) is 15.5. The molecule has 0 atom stereocenters. The summed E-state index contributed by atoms with van der Waals surface area (Å²) >= 11 is 0. The fourth-order valence-electron chi connectivity index (χ4n) is 2.74. The Labute approximate surface area is 128 Å². The number of amides is 1. The van der Waals surface area contributed by atoms with Crippen LogP contribution in [0.1, 0.15) is 23.3 Å². The summed E-state index contributed by atoms with van der Waals surface area (Å²) in [5.41, 5.74) is 7.55. The number of piperidine rings is 1. The van der Waals surface area contributed by atoms with Gasteiger partial charge in [0.1, 0.15) is 11.5 Å². The topological polar surface area (TPSA) is 75.0 Å². The molecule has 3 rings (SSSR count). The van der Waals surface area contributed by atoms with Crippen molar-refractivity contribution in [2.24, 2.45) is 11.7 Å². The van der Waals surface area contributed by atoms with E-state index in [9.17, 15) is 9.18 Å². The van der Waals surface area contributed by atoms with Crippen molar-refractivity contribution in [3.8, 4) is 11.3 Å². The van der Waals surface area contributed by atoms with Crippen LogP contribution < -0.4 is 5.73 Å². The van der Waals surface area contributed by atoms with Gasteiger partial charge in [-0.2, -0.15) is 5.10 Å². The maximum Gasteiger partial charge on any atom is 0.271 e. The normalized spacial score (nSPS) is 16.0. The third-order valence-corrected chi connectivity index (χ3v) is 4.18. The minimum Gasteiger partial charge on any atom is -0.337 e. The molecule has 22 heavy (non-hydrogen) atoms. The summed E-state index contributed by atoms with van der Waals surface area (Å²) in [6, 6.07) is 7.76. The lowest BCUT2D eigenvalue weighted by atomic mass is 9.97. The molecule has 1 aromatic carbocycles. The van der Waals surface area contributed by atoms with Gasteiger partial charge in [-0.25, -0.2) is 4.39 Å². The van der Waals surface area contributed by atoms with Crippen molar-refractivity contribution in [2.45, 2.75) is 12.8 Å². The van der Waals surface area contributed by atoms with E-state index < -0.39 is 0 Å². The van der Waals surface area contributed by atoms with Crippen molar-refractivity contribution in [2.75, 3.05) is 19.6 Å². The van der Waals surface area contributed by atoms with Crippen molar-refractivity contribution in [3.05, 3.63) is 41.8 Å². The van der Waals surface area contributed by atoms with E-state index in [2.05, 4.69) is 10.2 Å². The van der Waals surface area contributed by atoms with Crippen molar-refractivity contribution < 1.29 is 9.18 Å². The third-order valence-electron chi connectivity index (χ3n) is 4.18. The summed E-state index contributed by atoms with van der Waals surface area (Å²) in [4.78, 5) is 14.3. The zero-order valence-electron chi connectivity index (χ0n) is 12.3. The van der Waals surface area contributed by atoms with Crippen LogP contribution in [0.3, 0.4) is 0 Å². The van der Waals surface area contributed by atoms with E-state index in [0.29, 0.717) is 23.9 Å². The van der Waals surface area contributed by atoms with Crippen LogP contribution in [0.15, 0.2) is 30.3 Å². The second-order valence-corrected chi connectivity index (χ2v) is 5.65. The molecule has 0 saturated carbocycles. The first kappa shape index (κ1) is 14.7. The molecule has 0 aliphatic carbocycles. The average Bonchev–Trinajstić information content (AvgIpc) is 3.05. The molecule has 0 spiro atoms. The number of carbonyl (C=O) groups is 1. The van der Waals surface area contributed by atoms with Gasteiger partial charge in [0.15, 0.2) is 0 Å². The molecule has 1 amide bonds. The van der Waals surface area contributed by atoms with Gasteiger partial charge in [0, 0.05) is 18.7 Å². The fourth-order valence-corrected chi connectivity index (χ4v) is 2.74. The number of aromatic amines is 1. The molecule has 0 radical (unpaired) electrons. The lowest BCUT2D eigenvalue weighted by Crippen LogP contribution is -2.40. The number of carbonyl (C=O) groups excluding carboxylic acids is 1. The summed E-state index contributed by atoms with van der Waals surface area (Å²) in [5, 5.41) is 6.93. The Hall–Kier alpha value is -2.21. The number of nitrogens with one attached hydrogen (secondary N) is 1. The number of aromatic nitrogens is 2. The van der Waals surface area contributed by atoms with Gasteiger partial charge < -0.3 is 10.6 Å². The zero-order valence-corrected chi connectivity index (χ0v) is 12.3. The van der Waals surface area contributed by atoms with Gasteiger partial charge in [-0.1, -0.05) is 0 Å². The Bertz CT molecular complexity index is 644. The lowest BCUT2D eigenvalue weighted by molar-refractivity contribution is 0.0687. The maximum absolute atomic E-state index is 12.9. The molecular formula is C16H19FN4O. The van der Waals surface area contributed by atoms with E-state index in [1.165, 1.54) is 12.1 Å². The number of hydrogen-bond acceptors (Lipinski definition) is 3. The summed E-state index contributed by atoms with van der Waals surface area (Å²) in [7, 11) is 0. The Morgan fingerprint density at radius 2 is 2.00 bits per heavy atom. The van der Waals surface area contributed by atoms with E-state index in [0.717, 1.165) is 31.5 Å². The molecular weight excluding hydrogens is 283 g/mol. The maximum atomic E-state index is 12.9. The van der Waals surface area contributed by atoms with Gasteiger partial charge in [0.25, 0.3) is 5.91 Å². The van der Waals surface area contributed by atoms with Gasteiger partial charge >= 0.3 is 0 Å². The first-order valence-electron chi connectivity index (χ1n) is 7.48. The Kier molecular flexibility index (Phi) is 4.20. The monoisotopic (exact) mass is 302 g/mol. The first-order valence-corrected chi connectivity index (χ1v) is 7.48. The minimum atomic E-state index is -0.293. The van der Waals surface area contributed by atoms with Crippen LogP contribution in [0.5, 0.6) is 0 Å². The molecule has 2 heterocycles. The molecule has 116 valence electrons. The number of hydrogen-bond donors (Lipinski definition) is 2. The molecule has 2 aromatic rings. The summed E-state index contributed by atoms with van der Waals surface area (Å²) in [5.74, 6) is 0.176. The average molecular weight is 302 g/mol. The van der Waals surface area contributed by atoms with Crippen molar-refractivity contribution in [1.29, 1.82) is 0 Å². The molecule has 1 fully saturated rings. The van der Waals surface area contributed by atoms with Gasteiger partial charge in [-0.05, 0) is 55.6 Å². The second kappa shape index (κ2) is 6.27. The van der Waals surface area contributed by atoms with Crippen LogP contribution >= 0.6 is 0 Å². The Morgan fingerprint density at radius 1 is 1.32 bits per heavy atom. The predicted molar refractivity (Wildman–Crippen MR) is 81.7 cm³/mol. The highest BCUT2D eigenvalue weighted by Crippen LogP contribution is 2.21. The number of H-pyrrole nitrogens is 1. The molecule has 0 unspecified atom stereocenters. The standard InChI is InChI=1S/C16H19FN4O/c17-13-3-1-12(2-4-13)14-9-15(20-19-14)16(22)21-7-5-11(10-18)6-8-21/h1-4,9,11H,5-8,10,18H2,(H,19,20). The van der Waals surface area contributed by atoms with Gasteiger partial charge in [0.05, 0.1) is 5.69 Å². The molecule has 1 aliphatic heterocycles. The van der Waals surface area contributed by atoms with Crippen molar-refractivity contribution in [3.63, 3.8) is 0 Å². The summed E-state index contributed by atoms with van der Waals surface area (Å²) in [6.07, 6.45) is 1.89. The quantitative estimate of drug-likeness (QED) is 0.911. The highest BCUT2D eigenvalue weighted by molar-refractivity contribution is 5.93. The molecule has 6 heteroatoms. The number of likely N-dealkylation sites (tertiary alicyclic amines) is 1. The van der Waals surface area contributed by atoms with Crippen LogP contribution in [0.2, 0.25) is 0 Å². The highest BCUT2D eigenvalue weighted by Gasteiger charge is 2.24. The van der Waals surface area contributed by atoms with Crippen LogP contribution in [0.4, 0.5) is 4.39 Å². The fraction of sp³-hybridized carbons (Fsp3) is 0.375. The SMILES string of the molecule is NCC1CCN(C(=O)c2cc(-c3ccc(F)cc3)n[nH]2)CC1. The predicted octanol–water partition coefficient (Wildman–Crippen LogP) is 2.03. The number of halogens is 1. The van der Waals surface area contributed by atoms with Crippen LogP contribution in [0.25, 0.3) is 11.3 Å². The summed E-state index contributed by atoms with van der Waals surface area (Å²) in [6.45, 7) is 2.14. The van der Waals surface area contributed by atoms with Crippen LogP contribution in [0, 0.1) is 11.7 Å². The van der Waals surface area contributed by atoms with Crippen LogP contribution in [-0.4, -0.2) is 40.6 Å². The van der Waals surface area contributed by atoms with E-state index >= 15 is 0 Å². The molecule has 1 aliphatic rings. The van der Waals surface area contributed by atoms with E-state index in [4.69, 9.17) is 5.73 Å². The largest absolute Gasteiger partial charge is 0.337 e. The molecule has 5 nitrogen and oxygen atoms in total. The number of rotatable bonds is 3. The summed E-state index contributed by atoms with van der Waals surface area (Å²) < 4.78 is 12.9. The van der Waals surface area contributed by atoms with Gasteiger partial charge in [-0.3, -0.25) is 9.89 Å². The number of benzene rings is 1. The minimum absolute atomic E-state index is 0.0451. The van der Waals surface area contributed by atoms with Gasteiger partial charge in [0.2, 0.25) is 0 Å². The van der Waals surface area contributed by atoms with Crippen LogP contribution in [-0.2, 0) is 0 Å².